The van der Waals surface area contributed by atoms with Gasteiger partial charge in [0, 0.05) is 42.5 Å². The van der Waals surface area contributed by atoms with Crippen LogP contribution in [0.1, 0.15) is 5.56 Å². The number of carbonyl (C=O) groups excluding carboxylic acids is 1. The van der Waals surface area contributed by atoms with Gasteiger partial charge in [-0.1, -0.05) is 6.07 Å². The zero-order valence-corrected chi connectivity index (χ0v) is 13.7. The normalized spacial score (nSPS) is 10.6. The molecule has 0 saturated carbocycles. The summed E-state index contributed by atoms with van der Waals surface area (Å²) >= 11 is 0. The van der Waals surface area contributed by atoms with E-state index in [0.717, 1.165) is 22.2 Å². The van der Waals surface area contributed by atoms with Gasteiger partial charge in [-0.3, -0.25) is 20.4 Å². The third-order valence-corrected chi connectivity index (χ3v) is 3.79. The predicted molar refractivity (Wildman–Crippen MR) is 97.2 cm³/mol. The van der Waals surface area contributed by atoms with Gasteiger partial charge in [-0.25, -0.2) is 9.78 Å². The number of nitrogens with zero attached hydrogens (tertiary/aromatic N) is 4. The van der Waals surface area contributed by atoms with E-state index >= 15 is 0 Å². The second kappa shape index (κ2) is 6.98. The number of nitrogens with one attached hydrogen (secondary N) is 3. The molecule has 0 atom stereocenters. The van der Waals surface area contributed by atoms with Crippen LogP contribution < -0.4 is 10.6 Å². The highest BCUT2D eigenvalue weighted by molar-refractivity contribution is 5.90. The van der Waals surface area contributed by atoms with E-state index in [9.17, 15) is 4.79 Å². The van der Waals surface area contributed by atoms with E-state index in [1.165, 1.54) is 0 Å². The number of anilines is 1. The summed E-state index contributed by atoms with van der Waals surface area (Å²) in [7, 11) is 0. The van der Waals surface area contributed by atoms with Gasteiger partial charge in [0.05, 0.1) is 17.2 Å². The van der Waals surface area contributed by atoms with Crippen molar-refractivity contribution in [3.05, 3.63) is 66.9 Å². The molecule has 0 radical (unpaired) electrons. The molecule has 0 spiro atoms. The Morgan fingerprint density at radius 2 is 2.04 bits per heavy atom. The largest absolute Gasteiger partial charge is 0.334 e. The predicted octanol–water partition coefficient (Wildman–Crippen LogP) is 2.74. The lowest BCUT2D eigenvalue weighted by molar-refractivity contribution is 0.251. The number of fused-ring (bicyclic) bond motifs is 1. The lowest BCUT2D eigenvalue weighted by atomic mass is 10.1. The summed E-state index contributed by atoms with van der Waals surface area (Å²) in [6.45, 7) is 0.388. The van der Waals surface area contributed by atoms with Crippen molar-refractivity contribution in [1.29, 1.82) is 0 Å². The van der Waals surface area contributed by atoms with Crippen molar-refractivity contribution < 1.29 is 4.79 Å². The van der Waals surface area contributed by atoms with Crippen molar-refractivity contribution in [2.24, 2.45) is 0 Å². The maximum absolute atomic E-state index is 12.1. The number of pyridine rings is 3. The van der Waals surface area contributed by atoms with E-state index in [1.807, 2.05) is 24.3 Å². The van der Waals surface area contributed by atoms with Crippen molar-refractivity contribution in [2.75, 3.05) is 5.32 Å². The Kier molecular flexibility index (Phi) is 4.21. The molecule has 8 nitrogen and oxygen atoms in total. The Balaban J connectivity index is 1.48. The fraction of sp³-hybridized carbons (Fsp3) is 0.0556. The molecule has 0 bridgehead atoms. The fourth-order valence-electron chi connectivity index (χ4n) is 2.49. The smallest absolute Gasteiger partial charge is 0.320 e. The first-order valence-corrected chi connectivity index (χ1v) is 7.98. The molecule has 3 N–H and O–H groups in total. The summed E-state index contributed by atoms with van der Waals surface area (Å²) in [4.78, 5) is 24.9. The molecule has 26 heavy (non-hydrogen) atoms. The summed E-state index contributed by atoms with van der Waals surface area (Å²) < 4.78 is 0. The van der Waals surface area contributed by atoms with Gasteiger partial charge >= 0.3 is 6.03 Å². The third-order valence-electron chi connectivity index (χ3n) is 3.79. The summed E-state index contributed by atoms with van der Waals surface area (Å²) in [6.07, 6.45) is 8.67. The van der Waals surface area contributed by atoms with Gasteiger partial charge in [0.1, 0.15) is 5.82 Å². The van der Waals surface area contributed by atoms with E-state index in [-0.39, 0.29) is 6.03 Å². The van der Waals surface area contributed by atoms with Crippen molar-refractivity contribution in [3.63, 3.8) is 0 Å². The fourth-order valence-corrected chi connectivity index (χ4v) is 2.49. The minimum absolute atomic E-state index is 0.334. The van der Waals surface area contributed by atoms with E-state index in [0.29, 0.717) is 17.9 Å². The van der Waals surface area contributed by atoms with Crippen LogP contribution >= 0.6 is 0 Å². The van der Waals surface area contributed by atoms with Crippen molar-refractivity contribution in [2.45, 2.75) is 6.54 Å². The van der Waals surface area contributed by atoms with Crippen molar-refractivity contribution >= 4 is 22.9 Å². The molecule has 0 saturated heterocycles. The van der Waals surface area contributed by atoms with Crippen LogP contribution in [0.4, 0.5) is 10.6 Å². The lowest BCUT2D eigenvalue weighted by Crippen LogP contribution is -2.28. The Morgan fingerprint density at radius 1 is 1.08 bits per heavy atom. The molecular formula is C18H15N7O. The zero-order valence-electron chi connectivity index (χ0n) is 13.7. The van der Waals surface area contributed by atoms with Gasteiger partial charge in [-0.2, -0.15) is 5.10 Å². The Labute approximate surface area is 148 Å². The minimum atomic E-state index is -0.334. The molecule has 0 aliphatic heterocycles. The molecule has 8 heteroatoms. The standard InChI is InChI=1S/C18H15N7O/c26-18(21-8-12-2-1-5-19-7-12)25-17-4-3-15-16(24-17)6-13(9-20-15)14-10-22-23-11-14/h1-7,9-11H,8H2,(H,22,23)(H2,21,24,25,26). The van der Waals surface area contributed by atoms with E-state index in [4.69, 9.17) is 0 Å². The number of urea groups is 1. The topological polar surface area (TPSA) is 108 Å². The number of aromatic amines is 1. The zero-order chi connectivity index (χ0) is 17.8. The molecule has 2 amide bonds. The van der Waals surface area contributed by atoms with Crippen LogP contribution in [0.25, 0.3) is 22.2 Å². The highest BCUT2D eigenvalue weighted by Crippen LogP contribution is 2.21. The molecule has 0 unspecified atom stereocenters. The van der Waals surface area contributed by atoms with Crippen LogP contribution in [0, 0.1) is 0 Å². The van der Waals surface area contributed by atoms with Crippen molar-refractivity contribution in [3.8, 4) is 11.1 Å². The molecule has 0 aliphatic carbocycles. The number of hydrogen-bond donors (Lipinski definition) is 3. The molecule has 4 aromatic rings. The van der Waals surface area contributed by atoms with Gasteiger partial charge in [0.15, 0.2) is 0 Å². The number of H-pyrrole nitrogens is 1. The van der Waals surface area contributed by atoms with E-state index in [1.54, 1.807) is 37.1 Å². The molecule has 4 rings (SSSR count). The Morgan fingerprint density at radius 3 is 2.85 bits per heavy atom. The minimum Gasteiger partial charge on any atom is -0.334 e. The Bertz CT molecular complexity index is 1030. The summed E-state index contributed by atoms with van der Waals surface area (Å²) in [5.74, 6) is 0.451. The summed E-state index contributed by atoms with van der Waals surface area (Å²) in [6, 6.07) is 8.83. The lowest BCUT2D eigenvalue weighted by Gasteiger charge is -2.08. The molecule has 0 aromatic carbocycles. The van der Waals surface area contributed by atoms with Crippen LogP contribution in [-0.4, -0.2) is 31.2 Å². The van der Waals surface area contributed by atoms with Gasteiger partial charge in [0.25, 0.3) is 0 Å². The summed E-state index contributed by atoms with van der Waals surface area (Å²) in [5, 5.41) is 12.2. The highest BCUT2D eigenvalue weighted by atomic mass is 16.2. The van der Waals surface area contributed by atoms with Crippen LogP contribution in [0.5, 0.6) is 0 Å². The second-order valence-electron chi connectivity index (χ2n) is 5.61. The molecule has 4 aromatic heterocycles. The number of rotatable bonds is 4. The van der Waals surface area contributed by atoms with Gasteiger partial charge in [-0.15, -0.1) is 0 Å². The first-order valence-electron chi connectivity index (χ1n) is 7.98. The molecule has 128 valence electrons. The highest BCUT2D eigenvalue weighted by Gasteiger charge is 2.07. The molecule has 0 aliphatic rings. The Hall–Kier alpha value is -3.81. The maximum Gasteiger partial charge on any atom is 0.320 e. The van der Waals surface area contributed by atoms with Crippen LogP contribution in [0.3, 0.4) is 0 Å². The average molecular weight is 345 g/mol. The maximum atomic E-state index is 12.1. The molecule has 4 heterocycles. The monoisotopic (exact) mass is 345 g/mol. The van der Waals surface area contributed by atoms with Gasteiger partial charge < -0.3 is 5.32 Å². The van der Waals surface area contributed by atoms with E-state index in [2.05, 4.69) is 35.8 Å². The first-order chi connectivity index (χ1) is 12.8. The number of aromatic nitrogens is 5. The number of hydrogen-bond acceptors (Lipinski definition) is 5. The second-order valence-corrected chi connectivity index (χ2v) is 5.61. The third kappa shape index (κ3) is 3.48. The molecule has 0 fully saturated rings. The van der Waals surface area contributed by atoms with Gasteiger partial charge in [0.2, 0.25) is 0 Å². The quantitative estimate of drug-likeness (QED) is 0.527. The van der Waals surface area contributed by atoms with E-state index < -0.39 is 0 Å². The first kappa shape index (κ1) is 15.7. The van der Waals surface area contributed by atoms with Crippen molar-refractivity contribution in [1.82, 2.24) is 30.5 Å². The SMILES string of the molecule is O=C(NCc1cccnc1)Nc1ccc2ncc(-c3cn[nH]c3)cc2n1. The van der Waals surface area contributed by atoms with Crippen LogP contribution in [0.2, 0.25) is 0 Å². The van der Waals surface area contributed by atoms with Crippen LogP contribution in [0.15, 0.2) is 61.3 Å². The molecular weight excluding hydrogens is 330 g/mol. The number of carbonyl (C=O) groups is 1. The summed E-state index contributed by atoms with van der Waals surface area (Å²) in [5.41, 5.74) is 4.18. The average Bonchev–Trinajstić information content (AvgIpc) is 3.21. The van der Waals surface area contributed by atoms with Gasteiger partial charge in [-0.05, 0) is 29.8 Å². The van der Waals surface area contributed by atoms with Crippen LogP contribution in [-0.2, 0) is 6.54 Å². The number of amides is 2.